The van der Waals surface area contributed by atoms with E-state index in [4.69, 9.17) is 14.2 Å². The molecule has 0 spiro atoms. The highest BCUT2D eigenvalue weighted by Gasteiger charge is 2.14. The Morgan fingerprint density at radius 1 is 1.12 bits per heavy atom. The van der Waals surface area contributed by atoms with Gasteiger partial charge in [0.15, 0.2) is 18.1 Å². The molecule has 1 aromatic rings. The van der Waals surface area contributed by atoms with Crippen molar-refractivity contribution in [2.75, 3.05) is 38.4 Å². The maximum absolute atomic E-state index is 11.7. The number of rotatable bonds is 6. The van der Waals surface area contributed by atoms with Gasteiger partial charge in [0.05, 0.1) is 0 Å². The lowest BCUT2D eigenvalue weighted by molar-refractivity contribution is -0.152. The van der Waals surface area contributed by atoms with Gasteiger partial charge in [-0.15, -0.1) is 0 Å². The smallest absolute Gasteiger partial charge is 0.332 e. The van der Waals surface area contributed by atoms with Crippen LogP contribution in [0.15, 0.2) is 18.2 Å². The SMILES string of the molecule is CCOCC(=O)OCC(=O)NC(=O)Nc1ccc2c(c1)OCCO2. The first-order valence-electron chi connectivity index (χ1n) is 7.32. The molecule has 1 aliphatic heterocycles. The molecule has 1 heterocycles. The lowest BCUT2D eigenvalue weighted by Gasteiger charge is -2.19. The fourth-order valence-corrected chi connectivity index (χ4v) is 1.82. The van der Waals surface area contributed by atoms with Crippen molar-refractivity contribution in [3.05, 3.63) is 18.2 Å². The molecule has 2 rings (SSSR count). The summed E-state index contributed by atoms with van der Waals surface area (Å²) in [6.07, 6.45) is 0. The Morgan fingerprint density at radius 2 is 1.88 bits per heavy atom. The van der Waals surface area contributed by atoms with Gasteiger partial charge >= 0.3 is 12.0 Å². The van der Waals surface area contributed by atoms with Gasteiger partial charge in [0.25, 0.3) is 5.91 Å². The maximum atomic E-state index is 11.7. The molecule has 0 atom stereocenters. The number of ether oxygens (including phenoxy) is 4. The number of nitrogens with one attached hydrogen (secondary N) is 2. The first-order valence-corrected chi connectivity index (χ1v) is 7.32. The quantitative estimate of drug-likeness (QED) is 0.734. The van der Waals surface area contributed by atoms with Crippen molar-refractivity contribution in [1.82, 2.24) is 5.32 Å². The number of benzene rings is 1. The van der Waals surface area contributed by atoms with E-state index in [-0.39, 0.29) is 6.61 Å². The fraction of sp³-hybridized carbons (Fsp3) is 0.400. The first kappa shape index (κ1) is 17.5. The third-order valence-corrected chi connectivity index (χ3v) is 2.84. The number of amides is 3. The van der Waals surface area contributed by atoms with E-state index < -0.39 is 24.5 Å². The molecular weight excluding hydrogens is 320 g/mol. The predicted octanol–water partition coefficient (Wildman–Crippen LogP) is 0.686. The number of imide groups is 1. The summed E-state index contributed by atoms with van der Waals surface area (Å²) in [6, 6.07) is 4.10. The molecule has 0 bridgehead atoms. The molecule has 2 N–H and O–H groups in total. The molecule has 1 aliphatic rings. The second kappa shape index (κ2) is 8.73. The minimum atomic E-state index is -0.755. The highest BCUT2D eigenvalue weighted by Crippen LogP contribution is 2.32. The predicted molar refractivity (Wildman–Crippen MR) is 82.0 cm³/mol. The van der Waals surface area contributed by atoms with Gasteiger partial charge in [0.2, 0.25) is 0 Å². The van der Waals surface area contributed by atoms with Gasteiger partial charge in [-0.3, -0.25) is 10.1 Å². The number of anilines is 1. The van der Waals surface area contributed by atoms with E-state index in [2.05, 4.69) is 10.1 Å². The summed E-state index contributed by atoms with van der Waals surface area (Å²) >= 11 is 0. The van der Waals surface area contributed by atoms with Crippen LogP contribution >= 0.6 is 0 Å². The van der Waals surface area contributed by atoms with Crippen molar-refractivity contribution < 1.29 is 33.3 Å². The monoisotopic (exact) mass is 338 g/mol. The van der Waals surface area contributed by atoms with Crippen LogP contribution in [0.25, 0.3) is 0 Å². The molecule has 3 amide bonds. The van der Waals surface area contributed by atoms with E-state index in [0.717, 1.165) is 0 Å². The zero-order chi connectivity index (χ0) is 17.4. The fourth-order valence-electron chi connectivity index (χ4n) is 1.82. The Labute approximate surface area is 138 Å². The molecule has 0 radical (unpaired) electrons. The number of carbonyl (C=O) groups is 3. The summed E-state index contributed by atoms with van der Waals surface area (Å²) in [5.41, 5.74) is 0.429. The van der Waals surface area contributed by atoms with Crippen molar-refractivity contribution in [3.8, 4) is 11.5 Å². The number of urea groups is 1. The molecule has 130 valence electrons. The van der Waals surface area contributed by atoms with Gasteiger partial charge in [-0.2, -0.15) is 0 Å². The van der Waals surface area contributed by atoms with Gasteiger partial charge in [0, 0.05) is 18.4 Å². The van der Waals surface area contributed by atoms with Crippen LogP contribution in [0.5, 0.6) is 11.5 Å². The lowest BCUT2D eigenvalue weighted by atomic mass is 10.2. The van der Waals surface area contributed by atoms with Gasteiger partial charge in [-0.1, -0.05) is 0 Å². The van der Waals surface area contributed by atoms with Crippen LogP contribution in [0, 0.1) is 0 Å². The van der Waals surface area contributed by atoms with Crippen LogP contribution < -0.4 is 20.1 Å². The molecule has 0 aromatic heterocycles. The van der Waals surface area contributed by atoms with Crippen LogP contribution in [0.3, 0.4) is 0 Å². The summed E-state index contributed by atoms with van der Waals surface area (Å²) in [4.78, 5) is 34.4. The van der Waals surface area contributed by atoms with Crippen molar-refractivity contribution in [2.24, 2.45) is 0 Å². The lowest BCUT2D eigenvalue weighted by Crippen LogP contribution is -2.37. The van der Waals surface area contributed by atoms with Gasteiger partial charge in [-0.25, -0.2) is 9.59 Å². The van der Waals surface area contributed by atoms with Crippen LogP contribution in [0.4, 0.5) is 10.5 Å². The Kier molecular flexibility index (Phi) is 6.38. The van der Waals surface area contributed by atoms with Crippen LogP contribution in [0.1, 0.15) is 6.92 Å². The average Bonchev–Trinajstić information content (AvgIpc) is 2.58. The molecule has 9 heteroatoms. The van der Waals surface area contributed by atoms with Crippen LogP contribution in [-0.2, 0) is 19.1 Å². The molecule has 0 fully saturated rings. The Bertz CT molecular complexity index is 618. The van der Waals surface area contributed by atoms with Crippen molar-refractivity contribution in [2.45, 2.75) is 6.92 Å². The minimum absolute atomic E-state index is 0.243. The standard InChI is InChI=1S/C15H18N2O7/c1-2-21-9-14(19)24-8-13(18)17-15(20)16-10-3-4-11-12(7-10)23-6-5-22-11/h3-4,7H,2,5-6,8-9H2,1H3,(H2,16,17,18,20). The molecule has 9 nitrogen and oxygen atoms in total. The topological polar surface area (TPSA) is 112 Å². The second-order valence-electron chi connectivity index (χ2n) is 4.66. The maximum Gasteiger partial charge on any atom is 0.332 e. The number of hydrogen-bond acceptors (Lipinski definition) is 7. The highest BCUT2D eigenvalue weighted by atomic mass is 16.6. The highest BCUT2D eigenvalue weighted by molar-refractivity contribution is 6.02. The van der Waals surface area contributed by atoms with Crippen molar-refractivity contribution in [3.63, 3.8) is 0 Å². The molecule has 0 aliphatic carbocycles. The van der Waals surface area contributed by atoms with E-state index in [0.29, 0.717) is 37.0 Å². The Morgan fingerprint density at radius 3 is 2.62 bits per heavy atom. The molecule has 1 aromatic carbocycles. The van der Waals surface area contributed by atoms with Gasteiger partial charge < -0.3 is 24.3 Å². The zero-order valence-corrected chi connectivity index (χ0v) is 13.1. The normalized spacial score (nSPS) is 12.2. The van der Waals surface area contributed by atoms with Crippen LogP contribution in [-0.4, -0.2) is 50.9 Å². The van der Waals surface area contributed by atoms with Crippen LogP contribution in [0.2, 0.25) is 0 Å². The zero-order valence-electron chi connectivity index (χ0n) is 13.1. The Hall–Kier alpha value is -2.81. The third kappa shape index (κ3) is 5.43. The van der Waals surface area contributed by atoms with E-state index in [9.17, 15) is 14.4 Å². The summed E-state index contributed by atoms with van der Waals surface area (Å²) in [5, 5.41) is 4.51. The Balaban J connectivity index is 1.76. The van der Waals surface area contributed by atoms with E-state index >= 15 is 0 Å². The molecule has 0 unspecified atom stereocenters. The summed E-state index contributed by atoms with van der Waals surface area (Å²) in [5.74, 6) is -0.339. The summed E-state index contributed by atoms with van der Waals surface area (Å²) in [6.45, 7) is 2.17. The average molecular weight is 338 g/mol. The third-order valence-electron chi connectivity index (χ3n) is 2.84. The first-order chi connectivity index (χ1) is 11.6. The summed E-state index contributed by atoms with van der Waals surface area (Å²) < 4.78 is 20.2. The number of esters is 1. The van der Waals surface area contributed by atoms with E-state index in [1.54, 1.807) is 25.1 Å². The molecule has 24 heavy (non-hydrogen) atoms. The number of fused-ring (bicyclic) bond motifs is 1. The van der Waals surface area contributed by atoms with Gasteiger partial charge in [0.1, 0.15) is 19.8 Å². The van der Waals surface area contributed by atoms with Crippen molar-refractivity contribution in [1.29, 1.82) is 0 Å². The number of carbonyl (C=O) groups excluding carboxylic acids is 3. The second-order valence-corrected chi connectivity index (χ2v) is 4.66. The number of hydrogen-bond donors (Lipinski definition) is 2. The minimum Gasteiger partial charge on any atom is -0.486 e. The molecule has 0 saturated carbocycles. The summed E-state index contributed by atoms with van der Waals surface area (Å²) in [7, 11) is 0. The van der Waals surface area contributed by atoms with Crippen molar-refractivity contribution >= 4 is 23.6 Å². The molecule has 0 saturated heterocycles. The van der Waals surface area contributed by atoms with E-state index in [1.807, 2.05) is 5.32 Å². The van der Waals surface area contributed by atoms with E-state index in [1.165, 1.54) is 0 Å². The van der Waals surface area contributed by atoms with Gasteiger partial charge in [-0.05, 0) is 19.1 Å². The molecular formula is C15H18N2O7. The largest absolute Gasteiger partial charge is 0.486 e.